The second-order valence-electron chi connectivity index (χ2n) is 10.5. The molecule has 196 valence electrons. The predicted molar refractivity (Wildman–Crippen MR) is 131 cm³/mol. The largest absolute Gasteiger partial charge is 0.461 e. The molecule has 2 fully saturated rings. The van der Waals surface area contributed by atoms with E-state index >= 15 is 0 Å². The summed E-state index contributed by atoms with van der Waals surface area (Å²) in [6, 6.07) is 0. The Morgan fingerprint density at radius 2 is 1.21 bits per heavy atom. The van der Waals surface area contributed by atoms with E-state index < -0.39 is 12.1 Å². The van der Waals surface area contributed by atoms with Crippen LogP contribution >= 0.6 is 0 Å². The minimum Gasteiger partial charge on any atom is -0.461 e. The van der Waals surface area contributed by atoms with Gasteiger partial charge in [-0.2, -0.15) is 0 Å². The third-order valence-electron chi connectivity index (χ3n) is 7.33. The van der Waals surface area contributed by atoms with Gasteiger partial charge in [-0.1, -0.05) is 78.1 Å². The molecular weight excluding hydrogens is 434 g/mol. The Labute approximate surface area is 205 Å². The van der Waals surface area contributed by atoms with Gasteiger partial charge in [-0.15, -0.1) is 0 Å². The number of nitrogens with two attached hydrogens (primary N) is 1. The highest BCUT2D eigenvalue weighted by Crippen LogP contribution is 2.30. The van der Waals surface area contributed by atoms with Gasteiger partial charge in [-0.3, -0.25) is 14.4 Å². The van der Waals surface area contributed by atoms with Gasteiger partial charge >= 0.3 is 17.9 Å². The maximum Gasteiger partial charge on any atom is 0.308 e. The Kier molecular flexibility index (Phi) is 13.6. The van der Waals surface area contributed by atoms with Crippen LogP contribution in [0.5, 0.6) is 0 Å². The van der Waals surface area contributed by atoms with Crippen molar-refractivity contribution < 1.29 is 28.6 Å². The van der Waals surface area contributed by atoms with E-state index in [1.807, 2.05) is 13.8 Å². The van der Waals surface area contributed by atoms with E-state index in [9.17, 15) is 14.4 Å². The summed E-state index contributed by atoms with van der Waals surface area (Å²) in [5.41, 5.74) is 5.48. The third kappa shape index (κ3) is 11.2. The number of hydrogen-bond acceptors (Lipinski definition) is 7. The van der Waals surface area contributed by atoms with Crippen molar-refractivity contribution in [2.75, 3.05) is 19.8 Å². The monoisotopic (exact) mass is 481 g/mol. The second kappa shape index (κ2) is 16.1. The maximum absolute atomic E-state index is 12.6. The van der Waals surface area contributed by atoms with Crippen molar-refractivity contribution in [1.82, 2.24) is 0 Å². The lowest BCUT2D eigenvalue weighted by Crippen LogP contribution is -2.33. The van der Waals surface area contributed by atoms with Gasteiger partial charge in [0, 0.05) is 6.42 Å². The third-order valence-corrected chi connectivity index (χ3v) is 7.33. The summed E-state index contributed by atoms with van der Waals surface area (Å²) < 4.78 is 16.5. The molecule has 2 saturated carbocycles. The van der Waals surface area contributed by atoms with Crippen LogP contribution in [0.3, 0.4) is 0 Å². The van der Waals surface area contributed by atoms with Gasteiger partial charge in [-0.25, -0.2) is 0 Å². The van der Waals surface area contributed by atoms with Crippen molar-refractivity contribution in [3.05, 3.63) is 0 Å². The van der Waals surface area contributed by atoms with Crippen LogP contribution in [0, 0.1) is 23.7 Å². The van der Waals surface area contributed by atoms with Crippen LogP contribution in [0.1, 0.15) is 104 Å². The van der Waals surface area contributed by atoms with Gasteiger partial charge in [0.1, 0.15) is 13.2 Å². The molecule has 0 bridgehead atoms. The summed E-state index contributed by atoms with van der Waals surface area (Å²) in [5, 5.41) is 0. The van der Waals surface area contributed by atoms with E-state index in [0.29, 0.717) is 24.8 Å². The molecule has 2 aliphatic rings. The standard InChI is InChI=1S/C27H47NO6/c1-20(16-22-10-5-3-6-11-22)26(30)32-18-24(34-25(29)14-9-15-28)19-33-27(31)21(2)17-23-12-7-4-8-13-23/h20-24H,3-19,28H2,1-2H3. The van der Waals surface area contributed by atoms with Crippen LogP contribution in [0.4, 0.5) is 0 Å². The van der Waals surface area contributed by atoms with E-state index in [-0.39, 0.29) is 43.4 Å². The number of esters is 3. The molecule has 0 aromatic rings. The summed E-state index contributed by atoms with van der Waals surface area (Å²) in [5.74, 6) is -0.241. The summed E-state index contributed by atoms with van der Waals surface area (Å²) in [6.45, 7) is 3.97. The van der Waals surface area contributed by atoms with Crippen molar-refractivity contribution in [3.63, 3.8) is 0 Å². The number of hydrogen-bond donors (Lipinski definition) is 1. The van der Waals surface area contributed by atoms with Gasteiger partial charge in [-0.05, 0) is 37.6 Å². The van der Waals surface area contributed by atoms with Gasteiger partial charge in [0.15, 0.2) is 6.10 Å². The topological polar surface area (TPSA) is 105 Å². The summed E-state index contributed by atoms with van der Waals surface area (Å²) >= 11 is 0. The summed E-state index contributed by atoms with van der Waals surface area (Å²) in [7, 11) is 0. The minimum atomic E-state index is -0.804. The average Bonchev–Trinajstić information content (AvgIpc) is 2.85. The summed E-state index contributed by atoms with van der Waals surface area (Å²) in [4.78, 5) is 37.3. The van der Waals surface area contributed by atoms with E-state index in [1.165, 1.54) is 64.2 Å². The Morgan fingerprint density at radius 3 is 1.62 bits per heavy atom. The van der Waals surface area contributed by atoms with Gasteiger partial charge < -0.3 is 19.9 Å². The smallest absolute Gasteiger partial charge is 0.308 e. The first kappa shape index (κ1) is 28.6. The van der Waals surface area contributed by atoms with Crippen molar-refractivity contribution >= 4 is 17.9 Å². The van der Waals surface area contributed by atoms with E-state index in [4.69, 9.17) is 19.9 Å². The van der Waals surface area contributed by atoms with Crippen LogP contribution in [0.15, 0.2) is 0 Å². The van der Waals surface area contributed by atoms with Crippen LogP contribution in [-0.4, -0.2) is 43.8 Å². The molecule has 0 heterocycles. The highest BCUT2D eigenvalue weighted by Gasteiger charge is 2.26. The lowest BCUT2D eigenvalue weighted by atomic mass is 9.83. The number of rotatable bonds is 14. The lowest BCUT2D eigenvalue weighted by molar-refractivity contribution is -0.169. The molecule has 0 spiro atoms. The highest BCUT2D eigenvalue weighted by molar-refractivity contribution is 5.73. The Balaban J connectivity index is 1.80. The molecule has 7 nitrogen and oxygen atoms in total. The Hall–Kier alpha value is -1.63. The zero-order chi connectivity index (χ0) is 24.8. The highest BCUT2D eigenvalue weighted by atomic mass is 16.6. The molecule has 2 aliphatic carbocycles. The Bertz CT molecular complexity index is 570. The molecule has 0 saturated heterocycles. The molecule has 0 aliphatic heterocycles. The van der Waals surface area contributed by atoms with Crippen LogP contribution < -0.4 is 5.73 Å². The van der Waals surface area contributed by atoms with Crippen LogP contribution in [0.2, 0.25) is 0 Å². The van der Waals surface area contributed by atoms with E-state index in [2.05, 4.69) is 0 Å². The average molecular weight is 482 g/mol. The van der Waals surface area contributed by atoms with E-state index in [0.717, 1.165) is 12.8 Å². The molecule has 0 radical (unpaired) electrons. The summed E-state index contributed by atoms with van der Waals surface area (Å²) in [6.07, 6.45) is 13.7. The zero-order valence-corrected chi connectivity index (χ0v) is 21.4. The second-order valence-corrected chi connectivity index (χ2v) is 10.5. The molecular formula is C27H47NO6. The zero-order valence-electron chi connectivity index (χ0n) is 21.4. The molecule has 0 amide bonds. The maximum atomic E-state index is 12.6. The lowest BCUT2D eigenvalue weighted by Gasteiger charge is -2.25. The van der Waals surface area contributed by atoms with Crippen molar-refractivity contribution in [3.8, 4) is 0 Å². The molecule has 0 aromatic heterocycles. The number of carbonyl (C=O) groups excluding carboxylic acids is 3. The first-order chi connectivity index (χ1) is 16.4. The Morgan fingerprint density at radius 1 is 0.765 bits per heavy atom. The predicted octanol–water partition coefficient (Wildman–Crippen LogP) is 4.94. The van der Waals surface area contributed by atoms with Crippen molar-refractivity contribution in [2.24, 2.45) is 29.4 Å². The van der Waals surface area contributed by atoms with Crippen LogP contribution in [-0.2, 0) is 28.6 Å². The molecule has 2 atom stereocenters. The van der Waals surface area contributed by atoms with Crippen molar-refractivity contribution in [1.29, 1.82) is 0 Å². The van der Waals surface area contributed by atoms with Crippen molar-refractivity contribution in [2.45, 2.75) is 110 Å². The van der Waals surface area contributed by atoms with E-state index in [1.54, 1.807) is 0 Å². The molecule has 7 heteroatoms. The fourth-order valence-electron chi connectivity index (χ4n) is 5.28. The van der Waals surface area contributed by atoms with Gasteiger partial charge in [0.25, 0.3) is 0 Å². The molecule has 34 heavy (non-hydrogen) atoms. The normalized spacial score (nSPS) is 20.2. The first-order valence-corrected chi connectivity index (χ1v) is 13.6. The molecule has 2 rings (SSSR count). The molecule has 2 unspecified atom stereocenters. The van der Waals surface area contributed by atoms with Gasteiger partial charge in [0.05, 0.1) is 11.8 Å². The fourth-order valence-corrected chi connectivity index (χ4v) is 5.28. The quantitative estimate of drug-likeness (QED) is 0.277. The molecule has 0 aromatic carbocycles. The number of carbonyl (C=O) groups is 3. The van der Waals surface area contributed by atoms with Gasteiger partial charge in [0.2, 0.25) is 0 Å². The number of ether oxygens (including phenoxy) is 3. The minimum absolute atomic E-state index is 0.105. The SMILES string of the molecule is CC(CC1CCCCC1)C(=O)OCC(COC(=O)C(C)CC1CCCCC1)OC(=O)CCCN. The fraction of sp³-hybridized carbons (Fsp3) is 0.889. The van der Waals surface area contributed by atoms with Crippen LogP contribution in [0.25, 0.3) is 0 Å². The first-order valence-electron chi connectivity index (χ1n) is 13.6. The molecule has 2 N–H and O–H groups in total.